The second-order valence-electron chi connectivity index (χ2n) is 4.48. The Morgan fingerprint density at radius 2 is 2.25 bits per heavy atom. The lowest BCUT2D eigenvalue weighted by Gasteiger charge is -2.04. The van der Waals surface area contributed by atoms with Gasteiger partial charge in [0.15, 0.2) is 11.2 Å². The normalized spacial score (nSPS) is 11.2. The van der Waals surface area contributed by atoms with Crippen LogP contribution in [0.4, 0.5) is 0 Å². The number of hydrogen-bond donors (Lipinski definition) is 1. The number of pyridine rings is 1. The Morgan fingerprint density at radius 3 is 2.95 bits per heavy atom. The molecule has 3 heterocycles. The Hall–Kier alpha value is -2.70. The van der Waals surface area contributed by atoms with Gasteiger partial charge in [0, 0.05) is 12.7 Å². The summed E-state index contributed by atoms with van der Waals surface area (Å²) in [6.45, 7) is 2.72. The first kappa shape index (κ1) is 12.3. The van der Waals surface area contributed by atoms with Crippen molar-refractivity contribution in [1.29, 1.82) is 0 Å². The molecule has 0 unspecified atom stereocenters. The highest BCUT2D eigenvalue weighted by molar-refractivity contribution is 5.89. The molecule has 0 saturated heterocycles. The number of aromatic carboxylic acids is 1. The lowest BCUT2D eigenvalue weighted by atomic mass is 10.2. The zero-order valence-corrected chi connectivity index (χ0v) is 10.8. The summed E-state index contributed by atoms with van der Waals surface area (Å²) in [5, 5.41) is 8.99. The molecule has 0 aliphatic heterocycles. The minimum atomic E-state index is -1.05. The Labute approximate surface area is 113 Å². The highest BCUT2D eigenvalue weighted by Crippen LogP contribution is 2.10. The quantitative estimate of drug-likeness (QED) is 0.772. The van der Waals surface area contributed by atoms with Gasteiger partial charge in [0.05, 0.1) is 11.9 Å². The number of carboxylic acids is 1. The highest BCUT2D eigenvalue weighted by Gasteiger charge is 2.12. The molecule has 0 amide bonds. The number of hydrogen-bond acceptors (Lipinski definition) is 4. The van der Waals surface area contributed by atoms with Crippen molar-refractivity contribution >= 4 is 22.8 Å². The third-order valence-corrected chi connectivity index (χ3v) is 3.10. The fourth-order valence-corrected chi connectivity index (χ4v) is 2.15. The molecule has 0 bridgehead atoms. The third kappa shape index (κ3) is 1.75. The summed E-state index contributed by atoms with van der Waals surface area (Å²) < 4.78 is 3.10. The lowest BCUT2D eigenvalue weighted by molar-refractivity contribution is 0.0697. The maximum atomic E-state index is 12.3. The molecule has 3 rings (SSSR count). The number of rotatable bonds is 3. The van der Waals surface area contributed by atoms with E-state index < -0.39 is 5.97 Å². The second kappa shape index (κ2) is 4.44. The third-order valence-electron chi connectivity index (χ3n) is 3.10. The Kier molecular flexibility index (Phi) is 2.74. The van der Waals surface area contributed by atoms with E-state index in [0.29, 0.717) is 23.4 Å². The van der Waals surface area contributed by atoms with E-state index in [1.165, 1.54) is 22.7 Å². The van der Waals surface area contributed by atoms with Gasteiger partial charge in [-0.2, -0.15) is 0 Å². The smallest absolute Gasteiger partial charge is 0.335 e. The monoisotopic (exact) mass is 272 g/mol. The number of carbonyl (C=O) groups is 1. The van der Waals surface area contributed by atoms with Gasteiger partial charge in [0.1, 0.15) is 5.65 Å². The number of aryl methyl sites for hydroxylation is 1. The standard InChI is InChI=1S/C13H12N4O3/c1-2-4-16-7-14-10-11(16)15-9-6-8(13(19)20)3-5-17(9)12(10)18/h3,5-7H,2,4H2,1H3,(H,19,20). The molecule has 0 fully saturated rings. The van der Waals surface area contributed by atoms with E-state index in [0.717, 1.165) is 6.42 Å². The maximum absolute atomic E-state index is 12.3. The SMILES string of the molecule is CCCn1cnc2c(=O)n3ccc(C(=O)O)cc3nc21. The molecule has 0 aliphatic rings. The lowest BCUT2D eigenvalue weighted by Crippen LogP contribution is -2.16. The molecule has 7 nitrogen and oxygen atoms in total. The molecule has 3 aromatic rings. The van der Waals surface area contributed by atoms with Crippen molar-refractivity contribution in [2.75, 3.05) is 0 Å². The van der Waals surface area contributed by atoms with Crippen LogP contribution >= 0.6 is 0 Å². The second-order valence-corrected chi connectivity index (χ2v) is 4.48. The van der Waals surface area contributed by atoms with Gasteiger partial charge in [-0.3, -0.25) is 9.20 Å². The molecule has 0 spiro atoms. The van der Waals surface area contributed by atoms with Crippen molar-refractivity contribution in [3.05, 3.63) is 40.6 Å². The largest absolute Gasteiger partial charge is 0.478 e. The van der Waals surface area contributed by atoms with E-state index in [2.05, 4.69) is 9.97 Å². The van der Waals surface area contributed by atoms with Crippen LogP contribution in [0.2, 0.25) is 0 Å². The molecule has 1 N–H and O–H groups in total. The van der Waals surface area contributed by atoms with Crippen LogP contribution in [-0.4, -0.2) is 30.0 Å². The van der Waals surface area contributed by atoms with Crippen LogP contribution in [-0.2, 0) is 6.54 Å². The van der Waals surface area contributed by atoms with Crippen LogP contribution < -0.4 is 5.56 Å². The average molecular weight is 272 g/mol. The number of nitrogens with zero attached hydrogens (tertiary/aromatic N) is 4. The van der Waals surface area contributed by atoms with Crippen molar-refractivity contribution in [1.82, 2.24) is 18.9 Å². The molecule has 0 atom stereocenters. The minimum Gasteiger partial charge on any atom is -0.478 e. The maximum Gasteiger partial charge on any atom is 0.335 e. The summed E-state index contributed by atoms with van der Waals surface area (Å²) in [5.74, 6) is -1.05. The van der Waals surface area contributed by atoms with Crippen molar-refractivity contribution in [2.45, 2.75) is 19.9 Å². The van der Waals surface area contributed by atoms with Gasteiger partial charge < -0.3 is 9.67 Å². The zero-order valence-electron chi connectivity index (χ0n) is 10.8. The Bertz CT molecular complexity index is 878. The first-order valence-corrected chi connectivity index (χ1v) is 6.22. The van der Waals surface area contributed by atoms with Crippen molar-refractivity contribution < 1.29 is 9.90 Å². The van der Waals surface area contributed by atoms with Crippen LogP contribution in [0.3, 0.4) is 0 Å². The van der Waals surface area contributed by atoms with Crippen molar-refractivity contribution in [3.63, 3.8) is 0 Å². The van der Waals surface area contributed by atoms with Gasteiger partial charge in [-0.1, -0.05) is 6.92 Å². The van der Waals surface area contributed by atoms with Crippen LogP contribution in [0.25, 0.3) is 16.8 Å². The highest BCUT2D eigenvalue weighted by atomic mass is 16.4. The van der Waals surface area contributed by atoms with E-state index in [4.69, 9.17) is 5.11 Å². The molecular weight excluding hydrogens is 260 g/mol. The van der Waals surface area contributed by atoms with Gasteiger partial charge in [-0.05, 0) is 18.6 Å². The Morgan fingerprint density at radius 1 is 1.45 bits per heavy atom. The predicted octanol–water partition coefficient (Wildman–Crippen LogP) is 1.15. The van der Waals surface area contributed by atoms with E-state index in [1.807, 2.05) is 6.92 Å². The van der Waals surface area contributed by atoms with E-state index in [9.17, 15) is 9.59 Å². The molecule has 7 heteroatoms. The minimum absolute atomic E-state index is 0.0952. The summed E-state index contributed by atoms with van der Waals surface area (Å²) in [5.41, 5.74) is 0.883. The molecule has 20 heavy (non-hydrogen) atoms. The first-order valence-electron chi connectivity index (χ1n) is 6.22. The van der Waals surface area contributed by atoms with Crippen molar-refractivity contribution in [3.8, 4) is 0 Å². The van der Waals surface area contributed by atoms with Crippen LogP contribution in [0.5, 0.6) is 0 Å². The van der Waals surface area contributed by atoms with Gasteiger partial charge in [0.25, 0.3) is 5.56 Å². The molecule has 0 radical (unpaired) electrons. The van der Waals surface area contributed by atoms with Gasteiger partial charge in [-0.25, -0.2) is 14.8 Å². The summed E-state index contributed by atoms with van der Waals surface area (Å²) in [7, 11) is 0. The number of imidazole rings is 1. The molecule has 0 aromatic carbocycles. The number of carboxylic acid groups (broad SMARTS) is 1. The zero-order chi connectivity index (χ0) is 14.3. The van der Waals surface area contributed by atoms with E-state index in [-0.39, 0.29) is 11.1 Å². The topological polar surface area (TPSA) is 89.5 Å². The van der Waals surface area contributed by atoms with Crippen LogP contribution in [0.1, 0.15) is 23.7 Å². The molecule has 3 aromatic heterocycles. The molecular formula is C13H12N4O3. The van der Waals surface area contributed by atoms with Gasteiger partial charge in [0.2, 0.25) is 0 Å². The fraction of sp³-hybridized carbons (Fsp3) is 0.231. The summed E-state index contributed by atoms with van der Waals surface area (Å²) in [6, 6.07) is 2.75. The Balaban J connectivity index is 2.37. The number of aromatic nitrogens is 4. The van der Waals surface area contributed by atoms with Crippen LogP contribution in [0, 0.1) is 0 Å². The predicted molar refractivity (Wildman–Crippen MR) is 72.0 cm³/mol. The van der Waals surface area contributed by atoms with Gasteiger partial charge in [-0.15, -0.1) is 0 Å². The van der Waals surface area contributed by atoms with Crippen LogP contribution in [0.15, 0.2) is 29.5 Å². The molecule has 0 aliphatic carbocycles. The average Bonchev–Trinajstić information content (AvgIpc) is 2.82. The van der Waals surface area contributed by atoms with E-state index >= 15 is 0 Å². The molecule has 0 saturated carbocycles. The number of fused-ring (bicyclic) bond motifs is 2. The summed E-state index contributed by atoms with van der Waals surface area (Å²) in [4.78, 5) is 31.7. The molecule has 102 valence electrons. The first-order chi connectivity index (χ1) is 9.61. The van der Waals surface area contributed by atoms with E-state index in [1.54, 1.807) is 10.9 Å². The fourth-order valence-electron chi connectivity index (χ4n) is 2.15. The van der Waals surface area contributed by atoms with Crippen molar-refractivity contribution in [2.24, 2.45) is 0 Å². The summed E-state index contributed by atoms with van der Waals surface area (Å²) >= 11 is 0. The van der Waals surface area contributed by atoms with Gasteiger partial charge >= 0.3 is 5.97 Å². The summed E-state index contributed by atoms with van der Waals surface area (Å²) in [6.07, 6.45) is 3.88.